The van der Waals surface area contributed by atoms with Crippen LogP contribution < -0.4 is 9.47 Å². The molecule has 1 aliphatic rings. The maximum Gasteiger partial charge on any atom is 0.307 e. The lowest BCUT2D eigenvalue weighted by Gasteiger charge is -2.19. The van der Waals surface area contributed by atoms with E-state index in [-0.39, 0.29) is 5.92 Å². The van der Waals surface area contributed by atoms with E-state index < -0.39 is 5.97 Å². The molecular formula is C18H25NO4. The van der Waals surface area contributed by atoms with Crippen molar-refractivity contribution in [1.29, 1.82) is 0 Å². The van der Waals surface area contributed by atoms with Gasteiger partial charge in [0.2, 0.25) is 0 Å². The molecule has 1 unspecified atom stereocenters. The van der Waals surface area contributed by atoms with Crippen LogP contribution in [0.3, 0.4) is 0 Å². The molecule has 126 valence electrons. The van der Waals surface area contributed by atoms with Crippen molar-refractivity contribution in [2.75, 3.05) is 26.8 Å². The maximum absolute atomic E-state index is 11.1. The van der Waals surface area contributed by atoms with Crippen LogP contribution in [0.15, 0.2) is 24.8 Å². The topological polar surface area (TPSA) is 59.0 Å². The van der Waals surface area contributed by atoms with E-state index >= 15 is 0 Å². The summed E-state index contributed by atoms with van der Waals surface area (Å²) in [5.74, 6) is 0.523. The standard InChI is InChI=1S/C18H25NO4/c1-4-6-14-9-13(10-16(22-3)17(14)23-5-2)11-19-8-7-15(12-19)18(20)21/h4,9-10,15H,1,5-8,11-12H2,2-3H3,(H,20,21). The van der Waals surface area contributed by atoms with Gasteiger partial charge in [0.1, 0.15) is 0 Å². The average molecular weight is 319 g/mol. The quantitative estimate of drug-likeness (QED) is 0.747. The van der Waals surface area contributed by atoms with Crippen LogP contribution in [0.2, 0.25) is 0 Å². The summed E-state index contributed by atoms with van der Waals surface area (Å²) in [4.78, 5) is 13.3. The molecule has 2 rings (SSSR count). The van der Waals surface area contributed by atoms with Crippen LogP contribution in [0.25, 0.3) is 0 Å². The van der Waals surface area contributed by atoms with Crippen molar-refractivity contribution < 1.29 is 19.4 Å². The summed E-state index contributed by atoms with van der Waals surface area (Å²) in [6, 6.07) is 4.08. The van der Waals surface area contributed by atoms with Crippen molar-refractivity contribution >= 4 is 5.97 Å². The van der Waals surface area contributed by atoms with Gasteiger partial charge >= 0.3 is 5.97 Å². The Morgan fingerprint density at radius 2 is 2.30 bits per heavy atom. The smallest absolute Gasteiger partial charge is 0.307 e. The van der Waals surface area contributed by atoms with E-state index in [2.05, 4.69) is 17.5 Å². The van der Waals surface area contributed by atoms with Gasteiger partial charge in [0.15, 0.2) is 11.5 Å². The van der Waals surface area contributed by atoms with Crippen molar-refractivity contribution in [2.24, 2.45) is 5.92 Å². The molecule has 0 radical (unpaired) electrons. The van der Waals surface area contributed by atoms with Gasteiger partial charge in [-0.2, -0.15) is 0 Å². The summed E-state index contributed by atoms with van der Waals surface area (Å²) >= 11 is 0. The van der Waals surface area contributed by atoms with Gasteiger partial charge in [0, 0.05) is 18.7 Å². The van der Waals surface area contributed by atoms with Crippen LogP contribution in [0.5, 0.6) is 11.5 Å². The van der Waals surface area contributed by atoms with E-state index in [0.29, 0.717) is 26.0 Å². The number of benzene rings is 1. The summed E-state index contributed by atoms with van der Waals surface area (Å²) in [7, 11) is 1.63. The highest BCUT2D eigenvalue weighted by Crippen LogP contribution is 2.34. The van der Waals surface area contributed by atoms with Gasteiger partial charge in [0.25, 0.3) is 0 Å². The highest BCUT2D eigenvalue weighted by Gasteiger charge is 2.28. The molecule has 1 aromatic carbocycles. The Labute approximate surface area is 137 Å². The van der Waals surface area contributed by atoms with Crippen LogP contribution in [-0.4, -0.2) is 42.8 Å². The van der Waals surface area contributed by atoms with Crippen molar-refractivity contribution in [3.63, 3.8) is 0 Å². The molecule has 1 aromatic rings. The Bertz CT molecular complexity index is 570. The predicted molar refractivity (Wildman–Crippen MR) is 89.1 cm³/mol. The number of ether oxygens (including phenoxy) is 2. The number of nitrogens with zero attached hydrogens (tertiary/aromatic N) is 1. The fourth-order valence-corrected chi connectivity index (χ4v) is 3.02. The fraction of sp³-hybridized carbons (Fsp3) is 0.500. The molecule has 5 heteroatoms. The van der Waals surface area contributed by atoms with E-state index in [1.54, 1.807) is 7.11 Å². The zero-order chi connectivity index (χ0) is 16.8. The number of carboxylic acid groups (broad SMARTS) is 1. The first-order chi connectivity index (χ1) is 11.1. The largest absolute Gasteiger partial charge is 0.493 e. The zero-order valence-electron chi connectivity index (χ0n) is 13.9. The van der Waals surface area contributed by atoms with Crippen molar-refractivity contribution in [3.05, 3.63) is 35.9 Å². The number of rotatable bonds is 8. The van der Waals surface area contributed by atoms with E-state index in [1.165, 1.54) is 0 Å². The Kier molecular flexibility index (Phi) is 6.04. The minimum atomic E-state index is -0.705. The lowest BCUT2D eigenvalue weighted by Crippen LogP contribution is -2.23. The molecule has 0 amide bonds. The first-order valence-corrected chi connectivity index (χ1v) is 7.97. The van der Waals surface area contributed by atoms with Crippen molar-refractivity contribution in [3.8, 4) is 11.5 Å². The number of methoxy groups -OCH3 is 1. The van der Waals surface area contributed by atoms with Gasteiger partial charge in [-0.25, -0.2) is 0 Å². The molecule has 5 nitrogen and oxygen atoms in total. The Balaban J connectivity index is 2.20. The Morgan fingerprint density at radius 3 is 2.87 bits per heavy atom. The number of aliphatic carboxylic acids is 1. The number of hydrogen-bond donors (Lipinski definition) is 1. The average Bonchev–Trinajstić information content (AvgIpc) is 2.98. The fourth-order valence-electron chi connectivity index (χ4n) is 3.02. The molecule has 0 aromatic heterocycles. The van der Waals surface area contributed by atoms with Gasteiger partial charge in [-0.1, -0.05) is 12.1 Å². The summed E-state index contributed by atoms with van der Waals surface area (Å²) in [5, 5.41) is 9.11. The summed E-state index contributed by atoms with van der Waals surface area (Å²) in [6.07, 6.45) is 3.26. The summed E-state index contributed by atoms with van der Waals surface area (Å²) in [6.45, 7) is 8.45. The third-order valence-electron chi connectivity index (χ3n) is 4.09. The van der Waals surface area contributed by atoms with Crippen LogP contribution >= 0.6 is 0 Å². The molecule has 0 saturated carbocycles. The Hall–Kier alpha value is -2.01. The second-order valence-electron chi connectivity index (χ2n) is 5.77. The van der Waals surface area contributed by atoms with E-state index in [4.69, 9.17) is 14.6 Å². The monoisotopic (exact) mass is 319 g/mol. The number of carbonyl (C=O) groups is 1. The summed E-state index contributed by atoms with van der Waals surface area (Å²) in [5.41, 5.74) is 2.15. The van der Waals surface area contributed by atoms with E-state index in [9.17, 15) is 4.79 Å². The lowest BCUT2D eigenvalue weighted by atomic mass is 10.0. The number of hydrogen-bond acceptors (Lipinski definition) is 4. The first kappa shape index (κ1) is 17.3. The summed E-state index contributed by atoms with van der Waals surface area (Å²) < 4.78 is 11.2. The van der Waals surface area contributed by atoms with Crippen LogP contribution in [0, 0.1) is 5.92 Å². The third-order valence-corrected chi connectivity index (χ3v) is 4.09. The highest BCUT2D eigenvalue weighted by atomic mass is 16.5. The van der Waals surface area contributed by atoms with Gasteiger partial charge < -0.3 is 14.6 Å². The molecule has 0 spiro atoms. The van der Waals surface area contributed by atoms with Crippen LogP contribution in [0.4, 0.5) is 0 Å². The minimum Gasteiger partial charge on any atom is -0.493 e. The molecule has 1 N–H and O–H groups in total. The number of carboxylic acids is 1. The SMILES string of the molecule is C=CCc1cc(CN2CCC(C(=O)O)C2)cc(OC)c1OCC. The van der Waals surface area contributed by atoms with Crippen molar-refractivity contribution in [2.45, 2.75) is 26.3 Å². The van der Waals surface area contributed by atoms with Gasteiger partial charge in [0.05, 0.1) is 19.6 Å². The normalized spacial score (nSPS) is 17.9. The van der Waals surface area contributed by atoms with Crippen molar-refractivity contribution in [1.82, 2.24) is 4.90 Å². The molecular weight excluding hydrogens is 294 g/mol. The second-order valence-corrected chi connectivity index (χ2v) is 5.77. The minimum absolute atomic E-state index is 0.257. The molecule has 1 atom stereocenters. The lowest BCUT2D eigenvalue weighted by molar-refractivity contribution is -0.141. The number of likely N-dealkylation sites (tertiary alicyclic amines) is 1. The van der Waals surface area contributed by atoms with Gasteiger partial charge in [-0.05, 0) is 37.9 Å². The predicted octanol–water partition coefficient (Wildman–Crippen LogP) is 2.73. The molecule has 0 aliphatic carbocycles. The molecule has 1 saturated heterocycles. The van der Waals surface area contributed by atoms with Crippen LogP contribution in [-0.2, 0) is 17.8 Å². The third kappa shape index (κ3) is 4.26. The molecule has 1 heterocycles. The number of allylic oxidation sites excluding steroid dienone is 1. The molecule has 0 bridgehead atoms. The first-order valence-electron chi connectivity index (χ1n) is 7.97. The molecule has 23 heavy (non-hydrogen) atoms. The highest BCUT2D eigenvalue weighted by molar-refractivity contribution is 5.70. The van der Waals surface area contributed by atoms with E-state index in [1.807, 2.05) is 19.1 Å². The van der Waals surface area contributed by atoms with Gasteiger partial charge in [-0.3, -0.25) is 9.69 Å². The zero-order valence-corrected chi connectivity index (χ0v) is 13.9. The second kappa shape index (κ2) is 8.02. The maximum atomic E-state index is 11.1. The Morgan fingerprint density at radius 1 is 1.52 bits per heavy atom. The van der Waals surface area contributed by atoms with Gasteiger partial charge in [-0.15, -0.1) is 6.58 Å². The molecule has 1 aliphatic heterocycles. The van der Waals surface area contributed by atoms with Crippen LogP contribution in [0.1, 0.15) is 24.5 Å². The molecule has 1 fully saturated rings. The van der Waals surface area contributed by atoms with E-state index in [0.717, 1.165) is 35.7 Å².